The molecule has 1 aromatic heterocycles. The van der Waals surface area contributed by atoms with Gasteiger partial charge in [-0.05, 0) is 70.4 Å². The Hall–Kier alpha value is -2.88. The molecule has 0 bridgehead atoms. The third-order valence-electron chi connectivity index (χ3n) is 6.67. The molecule has 1 aliphatic heterocycles. The van der Waals surface area contributed by atoms with Gasteiger partial charge in [0.25, 0.3) is 5.91 Å². The van der Waals surface area contributed by atoms with Crippen LogP contribution in [0.2, 0.25) is 0 Å². The summed E-state index contributed by atoms with van der Waals surface area (Å²) in [5.41, 5.74) is 3.77. The number of hydrogen-bond acceptors (Lipinski definition) is 8. The highest BCUT2D eigenvalue weighted by molar-refractivity contribution is 7.22. The number of anilines is 1. The molecule has 0 spiro atoms. The highest BCUT2D eigenvalue weighted by Gasteiger charge is 2.26. The van der Waals surface area contributed by atoms with Crippen LogP contribution in [-0.4, -0.2) is 75.0 Å². The van der Waals surface area contributed by atoms with E-state index in [9.17, 15) is 4.79 Å². The predicted octanol–water partition coefficient (Wildman–Crippen LogP) is 5.48. The standard InChI is InChI=1S/C29H39N3O5S/c1-6-35-23-18-22(19-24(36-7-2)27(23)37-8-3)28(33)32(13-9-12-31-14-16-34-17-15-31)29-30-26-21(5)20(4)10-11-25(26)38-29/h10-11,18-19H,6-9,12-17H2,1-5H3. The molecule has 0 saturated carbocycles. The number of hydrogen-bond donors (Lipinski definition) is 0. The number of fused-ring (bicyclic) bond motifs is 1. The molecule has 0 radical (unpaired) electrons. The molecule has 2 aromatic carbocycles. The Morgan fingerprint density at radius 1 is 1.03 bits per heavy atom. The molecular weight excluding hydrogens is 502 g/mol. The van der Waals surface area contributed by atoms with Crippen molar-refractivity contribution in [2.24, 2.45) is 0 Å². The summed E-state index contributed by atoms with van der Waals surface area (Å²) < 4.78 is 24.2. The lowest BCUT2D eigenvalue weighted by atomic mass is 10.1. The van der Waals surface area contributed by atoms with Gasteiger partial charge in [-0.1, -0.05) is 17.4 Å². The number of ether oxygens (including phenoxy) is 4. The van der Waals surface area contributed by atoms with Crippen LogP contribution in [0.3, 0.4) is 0 Å². The minimum Gasteiger partial charge on any atom is -0.490 e. The lowest BCUT2D eigenvalue weighted by Crippen LogP contribution is -2.39. The zero-order chi connectivity index (χ0) is 27.1. The monoisotopic (exact) mass is 541 g/mol. The van der Waals surface area contributed by atoms with Crippen LogP contribution in [0, 0.1) is 13.8 Å². The number of rotatable bonds is 12. The smallest absolute Gasteiger partial charge is 0.260 e. The van der Waals surface area contributed by atoms with Crippen molar-refractivity contribution in [3.05, 3.63) is 41.0 Å². The Bertz CT molecular complexity index is 1210. The maximum absolute atomic E-state index is 14.1. The van der Waals surface area contributed by atoms with Gasteiger partial charge in [-0.25, -0.2) is 4.98 Å². The predicted molar refractivity (Wildman–Crippen MR) is 153 cm³/mol. The fourth-order valence-corrected chi connectivity index (χ4v) is 5.61. The van der Waals surface area contributed by atoms with E-state index in [1.807, 2.05) is 20.8 Å². The van der Waals surface area contributed by atoms with E-state index in [0.717, 1.165) is 55.0 Å². The second-order valence-corrected chi connectivity index (χ2v) is 10.2. The van der Waals surface area contributed by atoms with Gasteiger partial charge < -0.3 is 18.9 Å². The molecule has 1 amide bonds. The van der Waals surface area contributed by atoms with E-state index < -0.39 is 0 Å². The summed E-state index contributed by atoms with van der Waals surface area (Å²) in [5.74, 6) is 1.41. The molecule has 38 heavy (non-hydrogen) atoms. The molecule has 9 heteroatoms. The average Bonchev–Trinajstić information content (AvgIpc) is 3.36. The van der Waals surface area contributed by atoms with Gasteiger partial charge in [0.2, 0.25) is 5.75 Å². The number of aryl methyl sites for hydroxylation is 2. The average molecular weight is 542 g/mol. The first kappa shape index (κ1) is 28.1. The van der Waals surface area contributed by atoms with Crippen LogP contribution < -0.4 is 19.1 Å². The Balaban J connectivity index is 1.70. The number of morpholine rings is 1. The molecule has 1 aliphatic rings. The molecule has 4 rings (SSSR count). The van der Waals surface area contributed by atoms with Crippen LogP contribution in [0.5, 0.6) is 17.2 Å². The molecule has 206 valence electrons. The van der Waals surface area contributed by atoms with Gasteiger partial charge in [0.15, 0.2) is 16.6 Å². The number of benzene rings is 2. The third-order valence-corrected chi connectivity index (χ3v) is 7.71. The van der Waals surface area contributed by atoms with E-state index in [-0.39, 0.29) is 5.91 Å². The highest BCUT2D eigenvalue weighted by Crippen LogP contribution is 2.40. The second-order valence-electron chi connectivity index (χ2n) is 9.22. The number of aromatic nitrogens is 1. The van der Waals surface area contributed by atoms with Crippen molar-refractivity contribution in [2.45, 2.75) is 41.0 Å². The van der Waals surface area contributed by atoms with Crippen LogP contribution in [0.1, 0.15) is 48.7 Å². The van der Waals surface area contributed by atoms with Crippen molar-refractivity contribution in [2.75, 3.05) is 64.1 Å². The number of carbonyl (C=O) groups is 1. The fourth-order valence-electron chi connectivity index (χ4n) is 4.56. The second kappa shape index (κ2) is 13.3. The molecule has 0 unspecified atom stereocenters. The third kappa shape index (κ3) is 6.39. The van der Waals surface area contributed by atoms with Gasteiger partial charge in [-0.15, -0.1) is 0 Å². The molecule has 1 fully saturated rings. The molecule has 1 saturated heterocycles. The first-order valence-electron chi connectivity index (χ1n) is 13.5. The number of amides is 1. The van der Waals surface area contributed by atoms with Crippen LogP contribution in [-0.2, 0) is 4.74 Å². The van der Waals surface area contributed by atoms with Gasteiger partial charge in [0.05, 0.1) is 43.3 Å². The van der Waals surface area contributed by atoms with Crippen molar-refractivity contribution in [1.82, 2.24) is 9.88 Å². The molecule has 8 nitrogen and oxygen atoms in total. The van der Waals surface area contributed by atoms with Gasteiger partial charge in [0, 0.05) is 31.7 Å². The highest BCUT2D eigenvalue weighted by atomic mass is 32.1. The summed E-state index contributed by atoms with van der Waals surface area (Å²) in [4.78, 5) is 23.3. The number of nitrogens with zero attached hydrogens (tertiary/aromatic N) is 3. The Kier molecular flexibility index (Phi) is 9.82. The van der Waals surface area contributed by atoms with Crippen molar-refractivity contribution < 1.29 is 23.7 Å². The van der Waals surface area contributed by atoms with E-state index in [2.05, 4.69) is 30.9 Å². The SMILES string of the molecule is CCOc1cc(C(=O)N(CCCN2CCOCC2)c2nc3c(C)c(C)ccc3s2)cc(OCC)c1OCC. The molecule has 0 atom stereocenters. The van der Waals surface area contributed by atoms with Crippen LogP contribution in [0.4, 0.5) is 5.13 Å². The molecule has 3 aromatic rings. The normalized spacial score (nSPS) is 14.0. The van der Waals surface area contributed by atoms with Crippen molar-refractivity contribution in [1.29, 1.82) is 0 Å². The van der Waals surface area contributed by atoms with Gasteiger partial charge in [-0.2, -0.15) is 0 Å². The lowest BCUT2D eigenvalue weighted by Gasteiger charge is -2.28. The van der Waals surface area contributed by atoms with E-state index in [1.54, 1.807) is 28.4 Å². The van der Waals surface area contributed by atoms with Gasteiger partial charge >= 0.3 is 0 Å². The first-order chi connectivity index (χ1) is 18.5. The van der Waals surface area contributed by atoms with Crippen LogP contribution in [0.15, 0.2) is 24.3 Å². The van der Waals surface area contributed by atoms with E-state index >= 15 is 0 Å². The topological polar surface area (TPSA) is 73.4 Å². The maximum atomic E-state index is 14.1. The molecule has 0 aliphatic carbocycles. The molecule has 0 N–H and O–H groups in total. The van der Waals surface area contributed by atoms with E-state index in [0.29, 0.717) is 54.3 Å². The minimum atomic E-state index is -0.134. The largest absolute Gasteiger partial charge is 0.490 e. The van der Waals surface area contributed by atoms with Crippen molar-refractivity contribution in [3.63, 3.8) is 0 Å². The first-order valence-corrected chi connectivity index (χ1v) is 14.3. The summed E-state index contributed by atoms with van der Waals surface area (Å²) >= 11 is 1.55. The van der Waals surface area contributed by atoms with Gasteiger partial charge in [-0.3, -0.25) is 14.6 Å². The van der Waals surface area contributed by atoms with E-state index in [4.69, 9.17) is 23.9 Å². The maximum Gasteiger partial charge on any atom is 0.260 e. The summed E-state index contributed by atoms with van der Waals surface area (Å²) in [7, 11) is 0. The van der Waals surface area contributed by atoms with Gasteiger partial charge in [0.1, 0.15) is 0 Å². The van der Waals surface area contributed by atoms with Crippen molar-refractivity contribution >= 4 is 32.6 Å². The Morgan fingerprint density at radius 2 is 1.68 bits per heavy atom. The fraction of sp³-hybridized carbons (Fsp3) is 0.517. The van der Waals surface area contributed by atoms with Crippen molar-refractivity contribution in [3.8, 4) is 17.2 Å². The zero-order valence-electron chi connectivity index (χ0n) is 23.2. The summed E-state index contributed by atoms with van der Waals surface area (Å²) in [5, 5.41) is 0.700. The summed E-state index contributed by atoms with van der Waals surface area (Å²) in [6, 6.07) is 7.72. The van der Waals surface area contributed by atoms with E-state index in [1.165, 1.54) is 5.56 Å². The number of carbonyl (C=O) groups excluding carboxylic acids is 1. The minimum absolute atomic E-state index is 0.134. The quantitative estimate of drug-likeness (QED) is 0.301. The number of thiazole rings is 1. The van der Waals surface area contributed by atoms with Crippen LogP contribution in [0.25, 0.3) is 10.2 Å². The van der Waals surface area contributed by atoms with Crippen LogP contribution >= 0.6 is 11.3 Å². The Morgan fingerprint density at radius 3 is 2.32 bits per heavy atom. The summed E-state index contributed by atoms with van der Waals surface area (Å²) in [6.07, 6.45) is 0.827. The zero-order valence-corrected chi connectivity index (χ0v) is 24.0. The summed E-state index contributed by atoms with van der Waals surface area (Å²) in [6.45, 7) is 16.1. The molecule has 2 heterocycles. The molecular formula is C29H39N3O5S. The Labute approximate surface area is 229 Å². The lowest BCUT2D eigenvalue weighted by molar-refractivity contribution is 0.0376.